The second kappa shape index (κ2) is 4.96. The molecule has 1 aromatic carbocycles. The Balaban J connectivity index is 2.59. The number of methoxy groups -OCH3 is 1. The quantitative estimate of drug-likeness (QED) is 0.787. The Hall–Kier alpha value is -1.59. The zero-order valence-electron chi connectivity index (χ0n) is 8.77. The fraction of sp³-hybridized carbons (Fsp3) is 0.400. The van der Waals surface area contributed by atoms with E-state index in [1.54, 1.807) is 18.2 Å². The van der Waals surface area contributed by atoms with Crippen molar-refractivity contribution in [2.75, 3.05) is 24.7 Å². The molecule has 0 saturated carbocycles. The molecule has 0 fully saturated rings. The number of ether oxygens (including phenoxy) is 1. The number of hydrogen-bond donors (Lipinski definition) is 2. The first-order valence-electron chi connectivity index (χ1n) is 4.66. The monoisotopic (exact) mass is 234 g/mol. The summed E-state index contributed by atoms with van der Waals surface area (Å²) in [4.78, 5) is 0. The lowest BCUT2D eigenvalue weighted by Gasteiger charge is -2.12. The zero-order valence-corrected chi connectivity index (χ0v) is 8.77. The van der Waals surface area contributed by atoms with Gasteiger partial charge in [0.25, 0.3) is 0 Å². The number of halogens is 3. The highest BCUT2D eigenvalue weighted by Gasteiger charge is 2.26. The van der Waals surface area contributed by atoms with Gasteiger partial charge in [0.2, 0.25) is 0 Å². The number of nitrogens with two attached hydrogens (primary N) is 1. The molecule has 0 atom stereocenters. The van der Waals surface area contributed by atoms with Crippen molar-refractivity contribution in [2.45, 2.75) is 12.6 Å². The van der Waals surface area contributed by atoms with Gasteiger partial charge in [-0.3, -0.25) is 0 Å². The van der Waals surface area contributed by atoms with Gasteiger partial charge in [-0.15, -0.1) is 0 Å². The van der Waals surface area contributed by atoms with Gasteiger partial charge in [-0.2, -0.15) is 13.2 Å². The Kier molecular flexibility index (Phi) is 3.87. The van der Waals surface area contributed by atoms with E-state index in [-0.39, 0.29) is 6.54 Å². The highest BCUT2D eigenvalue weighted by Crippen LogP contribution is 2.25. The molecule has 0 bridgehead atoms. The molecular weight excluding hydrogens is 221 g/mol. The van der Waals surface area contributed by atoms with E-state index in [0.717, 1.165) is 0 Å². The molecule has 6 heteroatoms. The van der Waals surface area contributed by atoms with Crippen molar-refractivity contribution in [1.82, 2.24) is 0 Å². The number of benzene rings is 1. The van der Waals surface area contributed by atoms with E-state index in [4.69, 9.17) is 10.5 Å². The number of nitrogen functional groups attached to an aromatic ring is 1. The van der Waals surface area contributed by atoms with E-state index >= 15 is 0 Å². The molecule has 0 spiro atoms. The van der Waals surface area contributed by atoms with Crippen molar-refractivity contribution < 1.29 is 17.9 Å². The molecule has 0 aliphatic heterocycles. The van der Waals surface area contributed by atoms with Gasteiger partial charge in [-0.05, 0) is 12.1 Å². The van der Waals surface area contributed by atoms with Gasteiger partial charge in [0, 0.05) is 12.6 Å². The summed E-state index contributed by atoms with van der Waals surface area (Å²) in [5, 5.41) is 2.62. The number of rotatable bonds is 4. The topological polar surface area (TPSA) is 47.3 Å². The summed E-state index contributed by atoms with van der Waals surface area (Å²) in [6, 6.07) is 4.78. The summed E-state index contributed by atoms with van der Waals surface area (Å²) in [5.74, 6) is 0.545. The third-order valence-electron chi connectivity index (χ3n) is 1.98. The van der Waals surface area contributed by atoms with Crippen LogP contribution in [0.4, 0.5) is 24.5 Å². The SMILES string of the molecule is COc1ccc(N)c(NCCC(F)(F)F)c1. The Labute approximate surface area is 91.4 Å². The van der Waals surface area contributed by atoms with E-state index < -0.39 is 12.6 Å². The maximum atomic E-state index is 11.9. The van der Waals surface area contributed by atoms with Crippen molar-refractivity contribution in [3.8, 4) is 5.75 Å². The summed E-state index contributed by atoms with van der Waals surface area (Å²) in [7, 11) is 1.48. The van der Waals surface area contributed by atoms with Crippen LogP contribution < -0.4 is 15.8 Å². The maximum Gasteiger partial charge on any atom is 0.390 e. The Bertz CT molecular complexity index is 352. The van der Waals surface area contributed by atoms with Crippen LogP contribution in [-0.2, 0) is 0 Å². The average molecular weight is 234 g/mol. The van der Waals surface area contributed by atoms with Crippen molar-refractivity contribution in [3.63, 3.8) is 0 Å². The van der Waals surface area contributed by atoms with Crippen LogP contribution in [0.1, 0.15) is 6.42 Å². The van der Waals surface area contributed by atoms with Crippen molar-refractivity contribution in [1.29, 1.82) is 0 Å². The molecule has 0 unspecified atom stereocenters. The Morgan fingerprint density at radius 2 is 2.06 bits per heavy atom. The normalized spacial score (nSPS) is 11.2. The van der Waals surface area contributed by atoms with Crippen LogP contribution in [0.3, 0.4) is 0 Å². The third kappa shape index (κ3) is 3.88. The molecule has 0 amide bonds. The van der Waals surface area contributed by atoms with Gasteiger partial charge >= 0.3 is 6.18 Å². The molecule has 0 aliphatic carbocycles. The lowest BCUT2D eigenvalue weighted by molar-refractivity contribution is -0.131. The third-order valence-corrected chi connectivity index (χ3v) is 1.98. The smallest absolute Gasteiger partial charge is 0.390 e. The minimum atomic E-state index is -4.17. The molecular formula is C10H13F3N2O. The van der Waals surface area contributed by atoms with Gasteiger partial charge in [0.05, 0.1) is 24.9 Å². The summed E-state index contributed by atoms with van der Waals surface area (Å²) in [6.07, 6.45) is -5.07. The maximum absolute atomic E-state index is 11.9. The first-order valence-corrected chi connectivity index (χ1v) is 4.66. The second-order valence-electron chi connectivity index (χ2n) is 3.25. The molecule has 1 aromatic rings. The van der Waals surface area contributed by atoms with Gasteiger partial charge in [-0.25, -0.2) is 0 Å². The van der Waals surface area contributed by atoms with Crippen molar-refractivity contribution in [2.24, 2.45) is 0 Å². The largest absolute Gasteiger partial charge is 0.497 e. The fourth-order valence-corrected chi connectivity index (χ4v) is 1.15. The molecule has 0 radical (unpaired) electrons. The van der Waals surface area contributed by atoms with E-state index in [9.17, 15) is 13.2 Å². The van der Waals surface area contributed by atoms with Gasteiger partial charge in [0.15, 0.2) is 0 Å². The van der Waals surface area contributed by atoms with E-state index in [1.807, 2.05) is 0 Å². The van der Waals surface area contributed by atoms with Crippen LogP contribution in [0.25, 0.3) is 0 Å². The van der Waals surface area contributed by atoms with E-state index in [2.05, 4.69) is 5.32 Å². The Morgan fingerprint density at radius 1 is 1.38 bits per heavy atom. The van der Waals surface area contributed by atoms with Crippen LogP contribution >= 0.6 is 0 Å². The first kappa shape index (κ1) is 12.5. The molecule has 0 aliphatic rings. The lowest BCUT2D eigenvalue weighted by atomic mass is 10.2. The molecule has 3 N–H and O–H groups in total. The number of nitrogens with one attached hydrogen (secondary N) is 1. The van der Waals surface area contributed by atoms with Crippen LogP contribution in [0.2, 0.25) is 0 Å². The summed E-state index contributed by atoms with van der Waals surface area (Å²) >= 11 is 0. The predicted molar refractivity (Wildman–Crippen MR) is 56.6 cm³/mol. The highest BCUT2D eigenvalue weighted by atomic mass is 19.4. The summed E-state index contributed by atoms with van der Waals surface area (Å²) < 4.78 is 40.7. The fourth-order valence-electron chi connectivity index (χ4n) is 1.15. The molecule has 1 rings (SSSR count). The van der Waals surface area contributed by atoms with Crippen LogP contribution in [-0.4, -0.2) is 19.8 Å². The number of anilines is 2. The minimum Gasteiger partial charge on any atom is -0.497 e. The molecule has 3 nitrogen and oxygen atoms in total. The lowest BCUT2D eigenvalue weighted by Crippen LogP contribution is -2.15. The molecule has 16 heavy (non-hydrogen) atoms. The molecule has 90 valence electrons. The highest BCUT2D eigenvalue weighted by molar-refractivity contribution is 5.68. The van der Waals surface area contributed by atoms with Crippen LogP contribution in [0.5, 0.6) is 5.75 Å². The molecule has 0 heterocycles. The standard InChI is InChI=1S/C10H13F3N2O/c1-16-7-2-3-8(14)9(6-7)15-5-4-10(11,12)13/h2-3,6,15H,4-5,14H2,1H3. The first-order chi connectivity index (χ1) is 7.42. The van der Waals surface area contributed by atoms with E-state index in [1.165, 1.54) is 7.11 Å². The number of hydrogen-bond acceptors (Lipinski definition) is 3. The minimum absolute atomic E-state index is 0.207. The summed E-state index contributed by atoms with van der Waals surface area (Å²) in [5.41, 5.74) is 6.43. The van der Waals surface area contributed by atoms with Crippen molar-refractivity contribution >= 4 is 11.4 Å². The predicted octanol–water partition coefficient (Wildman–Crippen LogP) is 2.64. The second-order valence-corrected chi connectivity index (χ2v) is 3.25. The summed E-state index contributed by atoms with van der Waals surface area (Å²) in [6.45, 7) is -0.207. The average Bonchev–Trinajstić information content (AvgIpc) is 2.19. The van der Waals surface area contributed by atoms with Crippen molar-refractivity contribution in [3.05, 3.63) is 18.2 Å². The van der Waals surface area contributed by atoms with Gasteiger partial charge < -0.3 is 15.8 Å². The molecule has 0 aromatic heterocycles. The van der Waals surface area contributed by atoms with E-state index in [0.29, 0.717) is 17.1 Å². The number of alkyl halides is 3. The van der Waals surface area contributed by atoms with Crippen LogP contribution in [0, 0.1) is 0 Å². The Morgan fingerprint density at radius 3 is 2.62 bits per heavy atom. The zero-order chi connectivity index (χ0) is 12.2. The van der Waals surface area contributed by atoms with Gasteiger partial charge in [-0.1, -0.05) is 0 Å². The van der Waals surface area contributed by atoms with Crippen LogP contribution in [0.15, 0.2) is 18.2 Å². The van der Waals surface area contributed by atoms with Gasteiger partial charge in [0.1, 0.15) is 5.75 Å². The molecule has 0 saturated heterocycles.